The minimum atomic E-state index is -3.26. The van der Waals surface area contributed by atoms with Gasteiger partial charge in [0, 0.05) is 32.1 Å². The lowest BCUT2D eigenvalue weighted by Crippen LogP contribution is -2.71. The summed E-state index contributed by atoms with van der Waals surface area (Å²) in [4.78, 5) is 51.9. The highest BCUT2D eigenvalue weighted by Gasteiger charge is 2.61. The van der Waals surface area contributed by atoms with E-state index in [0.717, 1.165) is 65.2 Å². The largest absolute Gasteiger partial charge is 0.477 e. The molecule has 23 atom stereocenters. The van der Waals surface area contributed by atoms with Gasteiger partial charge in [0.2, 0.25) is 11.8 Å². The van der Waals surface area contributed by atoms with Crippen molar-refractivity contribution in [2.45, 2.75) is 342 Å². The smallest absolute Gasteiger partial charge is 0.364 e. The van der Waals surface area contributed by atoms with Gasteiger partial charge in [-0.15, -0.1) is 0 Å². The molecule has 4 fully saturated rings. The molecule has 16 N–H and O–H groups in total. The maximum absolute atomic E-state index is 13.6. The number of aliphatic hydroxyl groups excluding tert-OH is 13. The highest BCUT2D eigenvalue weighted by Crippen LogP contribution is 2.41. The van der Waals surface area contributed by atoms with E-state index >= 15 is 0 Å². The maximum atomic E-state index is 13.6. The van der Waals surface area contributed by atoms with Crippen LogP contribution in [0.2, 0.25) is 0 Å². The summed E-state index contributed by atoms with van der Waals surface area (Å²) in [6.07, 6.45) is -11.6. The van der Waals surface area contributed by atoms with Crippen LogP contribution in [0.15, 0.2) is 0 Å². The first-order valence-corrected chi connectivity index (χ1v) is 34.1. The first-order chi connectivity index (χ1) is 44.0. The van der Waals surface area contributed by atoms with Crippen molar-refractivity contribution in [2.24, 2.45) is 5.92 Å². The van der Waals surface area contributed by atoms with Gasteiger partial charge in [-0.05, 0) is 19.8 Å². The molecule has 0 saturated carbocycles. The number of aliphatic carboxylic acids is 1. The topological polar surface area (TPSA) is 449 Å². The molecule has 0 aromatic rings. The maximum Gasteiger partial charge on any atom is 0.364 e. The second-order valence-electron chi connectivity index (χ2n) is 25.8. The Morgan fingerprint density at radius 3 is 1.54 bits per heavy atom. The van der Waals surface area contributed by atoms with E-state index in [0.29, 0.717) is 19.3 Å². The molecule has 0 radical (unpaired) electrons. The zero-order valence-corrected chi connectivity index (χ0v) is 54.7. The van der Waals surface area contributed by atoms with Gasteiger partial charge in [-0.2, -0.15) is 0 Å². The Balaban J connectivity index is 1.57. The van der Waals surface area contributed by atoms with Crippen molar-refractivity contribution in [1.82, 2.24) is 10.6 Å². The molecule has 4 aliphatic rings. The van der Waals surface area contributed by atoms with Crippen molar-refractivity contribution in [2.75, 3.05) is 33.0 Å². The van der Waals surface area contributed by atoms with E-state index in [1.54, 1.807) is 0 Å². The van der Waals surface area contributed by atoms with Crippen molar-refractivity contribution in [3.8, 4) is 0 Å². The number of hydrogen-bond donors (Lipinski definition) is 16. The summed E-state index contributed by atoms with van der Waals surface area (Å²) in [6, 6.07) is -2.69. The van der Waals surface area contributed by atoms with Gasteiger partial charge in [-0.3, -0.25) is 9.59 Å². The van der Waals surface area contributed by atoms with Gasteiger partial charge < -0.3 is 125 Å². The Bertz CT molecular complexity index is 2050. The summed E-state index contributed by atoms with van der Waals surface area (Å²) in [5.41, 5.74) is 0. The minimum Gasteiger partial charge on any atom is -0.477 e. The fourth-order valence-corrected chi connectivity index (χ4v) is 12.7. The van der Waals surface area contributed by atoms with E-state index in [4.69, 9.17) is 37.9 Å². The third-order valence-corrected chi connectivity index (χ3v) is 18.1. The van der Waals surface area contributed by atoms with E-state index in [-0.39, 0.29) is 12.3 Å². The number of amides is 2. The molecule has 0 spiro atoms. The number of aliphatic hydroxyl groups is 13. The van der Waals surface area contributed by atoms with Crippen LogP contribution in [0.3, 0.4) is 0 Å². The number of ether oxygens (including phenoxy) is 8. The summed E-state index contributed by atoms with van der Waals surface area (Å²) < 4.78 is 48.1. The number of Topliss-reactive ketones (excluding diaryl/α,β-unsaturated/α-hetero) is 1. The Labute approximate surface area is 541 Å². The molecule has 4 aliphatic heterocycles. The Kier molecular flexibility index (Phi) is 38.6. The molecular formula is C64H116N2O26. The van der Waals surface area contributed by atoms with Crippen LogP contribution in [-0.2, 0) is 57.1 Å². The van der Waals surface area contributed by atoms with Crippen LogP contribution in [0, 0.1) is 5.92 Å². The lowest BCUT2D eigenvalue weighted by molar-refractivity contribution is -0.403. The zero-order valence-electron chi connectivity index (χ0n) is 54.7. The quantitative estimate of drug-likeness (QED) is 0.0376. The predicted octanol–water partition coefficient (Wildman–Crippen LogP) is 0.888. The second kappa shape index (κ2) is 43.5. The zero-order chi connectivity index (χ0) is 67.9. The third-order valence-electron chi connectivity index (χ3n) is 18.1. The molecule has 0 aromatic heterocycles. The Morgan fingerprint density at radius 1 is 0.554 bits per heavy atom. The minimum absolute atomic E-state index is 0.187. The molecule has 538 valence electrons. The Morgan fingerprint density at radius 2 is 1.04 bits per heavy atom. The molecule has 0 aromatic carbocycles. The fourth-order valence-electron chi connectivity index (χ4n) is 12.7. The fraction of sp³-hybridized carbons (Fsp3) is 0.938. The molecule has 4 saturated heterocycles. The van der Waals surface area contributed by atoms with Gasteiger partial charge in [0.15, 0.2) is 18.9 Å². The second-order valence-corrected chi connectivity index (χ2v) is 25.8. The van der Waals surface area contributed by atoms with Crippen molar-refractivity contribution >= 4 is 23.6 Å². The number of hydrogen-bond acceptors (Lipinski definition) is 25. The van der Waals surface area contributed by atoms with E-state index in [2.05, 4.69) is 24.5 Å². The summed E-state index contributed by atoms with van der Waals surface area (Å²) in [6.45, 7) is 1.96. The summed E-state index contributed by atoms with van der Waals surface area (Å²) in [5, 5.41) is 161. The number of carboxylic acids is 1. The van der Waals surface area contributed by atoms with E-state index < -0.39 is 204 Å². The Hall–Kier alpha value is -2.76. The first kappa shape index (κ1) is 81.7. The van der Waals surface area contributed by atoms with E-state index in [1.807, 2.05) is 0 Å². The summed E-state index contributed by atoms with van der Waals surface area (Å²) >= 11 is 0. The first-order valence-electron chi connectivity index (χ1n) is 34.1. The van der Waals surface area contributed by atoms with Crippen LogP contribution in [0.25, 0.3) is 0 Å². The highest BCUT2D eigenvalue weighted by molar-refractivity contribution is 5.77. The van der Waals surface area contributed by atoms with Gasteiger partial charge in [0.05, 0.1) is 63.4 Å². The van der Waals surface area contributed by atoms with Gasteiger partial charge >= 0.3 is 5.97 Å². The van der Waals surface area contributed by atoms with E-state index in [1.165, 1.54) is 89.9 Å². The molecule has 23 unspecified atom stereocenters. The van der Waals surface area contributed by atoms with Crippen LogP contribution in [0.1, 0.15) is 207 Å². The SMILES string of the molecule is CCCCCCCCCCCCCCCC(O)C(COC1OC(CO)C(OC2OC(CO)C(OC3OC(CO)C(O)C(O)C3CC(C)=O)C(OC3(C(=O)O)CC(O)C(NC(C)=O)C(C(O)C(O)CO)O3)C2O)C(O)C1O)NC(=O)CCCCCCCCCCCCC. The number of nitrogens with one attached hydrogen (secondary N) is 2. The lowest BCUT2D eigenvalue weighted by atomic mass is 9.87. The molecule has 4 heterocycles. The number of ketones is 1. The normalized spacial score (nSPS) is 33.2. The number of carbonyl (C=O) groups excluding carboxylic acids is 3. The van der Waals surface area contributed by atoms with Crippen molar-refractivity contribution < 1.29 is 129 Å². The van der Waals surface area contributed by atoms with Crippen molar-refractivity contribution in [3.63, 3.8) is 0 Å². The van der Waals surface area contributed by atoms with Crippen LogP contribution in [0.4, 0.5) is 0 Å². The monoisotopic (exact) mass is 1330 g/mol. The predicted molar refractivity (Wildman–Crippen MR) is 329 cm³/mol. The number of unbranched alkanes of at least 4 members (excludes halogenated alkanes) is 22. The molecule has 0 bridgehead atoms. The molecular weight excluding hydrogens is 1210 g/mol. The van der Waals surface area contributed by atoms with E-state index in [9.17, 15) is 90.7 Å². The highest BCUT2D eigenvalue weighted by atomic mass is 16.8. The number of carboxylic acid groups (broad SMARTS) is 1. The van der Waals surface area contributed by atoms with Crippen LogP contribution >= 0.6 is 0 Å². The summed E-state index contributed by atoms with van der Waals surface area (Å²) in [7, 11) is 0. The van der Waals surface area contributed by atoms with Gasteiger partial charge in [0.1, 0.15) is 85.1 Å². The number of rotatable bonds is 47. The van der Waals surface area contributed by atoms with Crippen molar-refractivity contribution in [1.29, 1.82) is 0 Å². The van der Waals surface area contributed by atoms with Gasteiger partial charge in [0.25, 0.3) is 5.79 Å². The molecule has 28 nitrogen and oxygen atoms in total. The summed E-state index contributed by atoms with van der Waals surface area (Å²) in [5.74, 6) is -8.50. The molecule has 2 amide bonds. The standard InChI is InChI=1S/C64H116N2O26/c1-5-7-9-11-13-15-17-18-20-21-23-25-27-29-42(73)41(66-48(76)30-28-26-24-22-19-16-14-12-10-8-6-2)37-85-61-54(81)53(80)56(46(35-69)87-61)89-62-55(82)59(57(47(36-70)88-62)90-60-40(31-38(3)71)50(77)52(79)45(34-68)86-60)92-64(63(83)84)32-43(74)49(65-39(4)72)58(91-64)51(78)44(75)33-67/h40-47,49-62,67-70,73-75,77-82H,5-37H2,1-4H3,(H,65,72)(H,66,76)(H,83,84). The van der Waals surface area contributed by atoms with Crippen LogP contribution in [0.5, 0.6) is 0 Å². The molecule has 0 aliphatic carbocycles. The average Bonchev–Trinajstić information content (AvgIpc) is 0.757. The van der Waals surface area contributed by atoms with Crippen LogP contribution in [-0.4, -0.2) is 262 Å². The average molecular weight is 1330 g/mol. The van der Waals surface area contributed by atoms with Crippen LogP contribution < -0.4 is 10.6 Å². The van der Waals surface area contributed by atoms with Gasteiger partial charge in [-0.1, -0.05) is 162 Å². The van der Waals surface area contributed by atoms with Crippen molar-refractivity contribution in [3.05, 3.63) is 0 Å². The lowest BCUT2D eigenvalue weighted by Gasteiger charge is -2.52. The molecule has 92 heavy (non-hydrogen) atoms. The molecule has 28 heteroatoms. The third kappa shape index (κ3) is 25.6. The van der Waals surface area contributed by atoms with Gasteiger partial charge in [-0.25, -0.2) is 4.79 Å². The molecule has 4 rings (SSSR count). The number of carbonyl (C=O) groups is 4.